The van der Waals surface area contributed by atoms with Crippen LogP contribution in [-0.2, 0) is 28.8 Å². The number of hydrogen-bond acceptors (Lipinski definition) is 10. The molecule has 16 heteroatoms. The molecule has 0 unspecified atom stereocenters. The van der Waals surface area contributed by atoms with Gasteiger partial charge >= 0.3 is 35.8 Å². The van der Waals surface area contributed by atoms with E-state index in [1.807, 2.05) is 0 Å². The second-order valence-corrected chi connectivity index (χ2v) is 6.28. The van der Waals surface area contributed by atoms with Gasteiger partial charge in [0.2, 0.25) is 0 Å². The second-order valence-electron chi connectivity index (χ2n) is 6.28. The third-order valence-electron chi connectivity index (χ3n) is 3.33. The minimum Gasteiger partial charge on any atom is -0.480 e. The summed E-state index contributed by atoms with van der Waals surface area (Å²) in [6.07, 6.45) is 0. The number of carbonyl (C=O) groups is 6. The van der Waals surface area contributed by atoms with Gasteiger partial charge in [0.15, 0.2) is 0 Å². The smallest absolute Gasteiger partial charge is 0.317 e. The highest BCUT2D eigenvalue weighted by Crippen LogP contribution is 1.94. The zero-order chi connectivity index (χ0) is 25.3. The summed E-state index contributed by atoms with van der Waals surface area (Å²) in [5.41, 5.74) is 5.15. The van der Waals surface area contributed by atoms with Gasteiger partial charge in [-0.3, -0.25) is 43.5 Å². The predicted molar refractivity (Wildman–Crippen MR) is 104 cm³/mol. The number of rotatable bonds is 17. The van der Waals surface area contributed by atoms with Gasteiger partial charge in [-0.2, -0.15) is 0 Å². The van der Waals surface area contributed by atoms with Crippen molar-refractivity contribution >= 4 is 35.8 Å². The number of carboxylic acid groups (broad SMARTS) is 6. The summed E-state index contributed by atoms with van der Waals surface area (Å²) in [5.74, 6) is -7.01. The van der Waals surface area contributed by atoms with Crippen LogP contribution in [-0.4, -0.2) is 147 Å². The molecule has 0 heterocycles. The fraction of sp³-hybridized carbons (Fsp3) is 0.625. The minimum absolute atomic E-state index is 0.0703. The Labute approximate surface area is 182 Å². The first-order valence-corrected chi connectivity index (χ1v) is 8.94. The van der Waals surface area contributed by atoms with Gasteiger partial charge in [-0.05, 0) is 0 Å². The Morgan fingerprint density at radius 3 is 0.781 bits per heavy atom. The Morgan fingerprint density at radius 2 is 0.625 bits per heavy atom. The summed E-state index contributed by atoms with van der Waals surface area (Å²) in [6.45, 7) is -2.30. The van der Waals surface area contributed by atoms with Gasteiger partial charge in [0.05, 0.1) is 39.3 Å². The van der Waals surface area contributed by atoms with Gasteiger partial charge in [-0.1, -0.05) is 0 Å². The number of aliphatic carboxylic acids is 6. The van der Waals surface area contributed by atoms with Crippen molar-refractivity contribution in [3.63, 3.8) is 0 Å². The van der Waals surface area contributed by atoms with Crippen molar-refractivity contribution < 1.29 is 59.4 Å². The van der Waals surface area contributed by atoms with Gasteiger partial charge in [-0.15, -0.1) is 0 Å². The number of carboxylic acids is 6. The molecule has 0 atom stereocenters. The average Bonchev–Trinajstić information content (AvgIpc) is 2.57. The predicted octanol–water partition coefficient (Wildman–Crippen LogP) is -3.65. The summed E-state index contributed by atoms with van der Waals surface area (Å²) >= 11 is 0. The summed E-state index contributed by atoms with van der Waals surface area (Å²) < 4.78 is 0. The van der Waals surface area contributed by atoms with E-state index >= 15 is 0 Å². The quantitative estimate of drug-likeness (QED) is 0.108. The molecule has 0 spiro atoms. The van der Waals surface area contributed by atoms with Crippen LogP contribution in [0.15, 0.2) is 0 Å². The molecule has 16 nitrogen and oxygen atoms in total. The van der Waals surface area contributed by atoms with Crippen LogP contribution in [0.3, 0.4) is 0 Å². The normalized spacial score (nSPS) is 10.5. The molecule has 0 radical (unpaired) electrons. The number of hydrogen-bond donors (Lipinski definition) is 7. The Bertz CT molecular complexity index is 573. The first kappa shape index (κ1) is 30.9. The van der Waals surface area contributed by atoms with E-state index in [4.69, 9.17) is 36.4 Å². The Morgan fingerprint density at radius 1 is 0.438 bits per heavy atom. The largest absolute Gasteiger partial charge is 0.480 e. The van der Waals surface area contributed by atoms with Crippen LogP contribution >= 0.6 is 0 Å². The van der Waals surface area contributed by atoms with Crippen molar-refractivity contribution in [1.29, 1.82) is 0 Å². The second kappa shape index (κ2) is 17.4. The summed E-state index contributed by atoms with van der Waals surface area (Å²) in [5, 5.41) is 51.2. The van der Waals surface area contributed by atoms with Crippen molar-refractivity contribution in [1.82, 2.24) is 14.7 Å². The topological polar surface area (TPSA) is 260 Å². The fourth-order valence-corrected chi connectivity index (χ4v) is 2.26. The molecule has 0 aromatic rings. The van der Waals surface area contributed by atoms with Crippen molar-refractivity contribution in [2.75, 3.05) is 65.4 Å². The lowest BCUT2D eigenvalue weighted by atomic mass is 10.4. The monoisotopic (exact) mass is 468 g/mol. The van der Waals surface area contributed by atoms with E-state index in [1.54, 1.807) is 0 Å². The van der Waals surface area contributed by atoms with Crippen LogP contribution in [0.1, 0.15) is 0 Å². The maximum atomic E-state index is 10.6. The SMILES string of the molecule is NCCN(CC(=O)O)CC(=O)O.O=C(O)CN(CCN(CC(=O)O)CC(=O)O)CC(=O)O. The Kier molecular flexibility index (Phi) is 16.7. The maximum absolute atomic E-state index is 10.6. The summed E-state index contributed by atoms with van der Waals surface area (Å²) in [6, 6.07) is 0. The summed E-state index contributed by atoms with van der Waals surface area (Å²) in [7, 11) is 0. The van der Waals surface area contributed by atoms with Crippen molar-refractivity contribution in [2.45, 2.75) is 0 Å². The molecule has 0 aliphatic rings. The number of nitrogens with zero attached hydrogens (tertiary/aromatic N) is 3. The molecule has 0 bridgehead atoms. The molecule has 184 valence electrons. The lowest BCUT2D eigenvalue weighted by Crippen LogP contribution is -2.43. The van der Waals surface area contributed by atoms with Crippen LogP contribution in [0, 0.1) is 0 Å². The van der Waals surface area contributed by atoms with Gasteiger partial charge in [0.25, 0.3) is 0 Å². The highest BCUT2D eigenvalue weighted by molar-refractivity contribution is 5.73. The Hall–Kier alpha value is -3.34. The average molecular weight is 468 g/mol. The van der Waals surface area contributed by atoms with E-state index in [0.717, 1.165) is 9.80 Å². The molecule has 0 aromatic heterocycles. The van der Waals surface area contributed by atoms with Gasteiger partial charge in [0, 0.05) is 26.2 Å². The summed E-state index contributed by atoms with van der Waals surface area (Å²) in [4.78, 5) is 66.0. The first-order valence-electron chi connectivity index (χ1n) is 8.94. The van der Waals surface area contributed by atoms with E-state index < -0.39 is 62.0 Å². The van der Waals surface area contributed by atoms with Gasteiger partial charge in [-0.25, -0.2) is 0 Å². The minimum atomic E-state index is -1.23. The third kappa shape index (κ3) is 21.4. The highest BCUT2D eigenvalue weighted by atomic mass is 16.4. The lowest BCUT2D eigenvalue weighted by Gasteiger charge is -2.23. The maximum Gasteiger partial charge on any atom is 0.317 e. The van der Waals surface area contributed by atoms with E-state index in [2.05, 4.69) is 0 Å². The molecule has 0 rings (SSSR count). The van der Waals surface area contributed by atoms with Crippen LogP contribution in [0.5, 0.6) is 0 Å². The third-order valence-corrected chi connectivity index (χ3v) is 3.33. The zero-order valence-electron chi connectivity index (χ0n) is 17.1. The molecule has 0 saturated heterocycles. The molecule has 8 N–H and O–H groups in total. The number of nitrogens with two attached hydrogens (primary N) is 1. The van der Waals surface area contributed by atoms with Crippen LogP contribution < -0.4 is 5.73 Å². The zero-order valence-corrected chi connectivity index (χ0v) is 17.1. The fourth-order valence-electron chi connectivity index (χ4n) is 2.26. The van der Waals surface area contributed by atoms with Crippen molar-refractivity contribution in [2.24, 2.45) is 5.73 Å². The Balaban J connectivity index is 0. The van der Waals surface area contributed by atoms with E-state index in [0.29, 0.717) is 0 Å². The van der Waals surface area contributed by atoms with Crippen molar-refractivity contribution in [3.05, 3.63) is 0 Å². The first-order chi connectivity index (χ1) is 14.8. The molecule has 0 aromatic carbocycles. The molecule has 0 aliphatic heterocycles. The van der Waals surface area contributed by atoms with Gasteiger partial charge < -0.3 is 36.4 Å². The van der Waals surface area contributed by atoms with Crippen LogP contribution in [0.25, 0.3) is 0 Å². The standard InChI is InChI=1S/C10H16N2O8.C6H12N2O4/c13-7(14)3-11(4-8(15)16)1-2-12(5-9(17)18)6-10(19)20;7-1-2-8(3-5(9)10)4-6(11)12/h1-6H2,(H,13,14)(H,15,16)(H,17,18)(H,19,20);1-4,7H2,(H,9,10)(H,11,12). The lowest BCUT2D eigenvalue weighted by molar-refractivity contribution is -0.145. The van der Waals surface area contributed by atoms with Crippen LogP contribution in [0.4, 0.5) is 0 Å². The van der Waals surface area contributed by atoms with Gasteiger partial charge in [0.1, 0.15) is 0 Å². The molecule has 32 heavy (non-hydrogen) atoms. The van der Waals surface area contributed by atoms with Crippen molar-refractivity contribution in [3.8, 4) is 0 Å². The molecular weight excluding hydrogens is 440 g/mol. The molecular formula is C16H28N4O12. The van der Waals surface area contributed by atoms with E-state index in [1.165, 1.54) is 4.90 Å². The highest BCUT2D eigenvalue weighted by Gasteiger charge is 2.18. The molecule has 0 saturated carbocycles. The van der Waals surface area contributed by atoms with E-state index in [-0.39, 0.29) is 39.3 Å². The molecule has 0 fully saturated rings. The van der Waals surface area contributed by atoms with Crippen LogP contribution in [0.2, 0.25) is 0 Å². The molecule has 0 amide bonds. The van der Waals surface area contributed by atoms with E-state index in [9.17, 15) is 28.8 Å². The molecule has 0 aliphatic carbocycles.